The molecule has 164 valence electrons. The maximum absolute atomic E-state index is 13.4. The highest BCUT2D eigenvalue weighted by atomic mass is 16.3. The van der Waals surface area contributed by atoms with Gasteiger partial charge in [0.15, 0.2) is 0 Å². The van der Waals surface area contributed by atoms with Crippen molar-refractivity contribution in [1.82, 2.24) is 4.90 Å². The second kappa shape index (κ2) is 8.15. The van der Waals surface area contributed by atoms with Crippen LogP contribution in [0.2, 0.25) is 0 Å². The number of nitrogens with one attached hydrogen (secondary N) is 1. The minimum absolute atomic E-state index is 0.0291. The van der Waals surface area contributed by atoms with Gasteiger partial charge in [0.25, 0.3) is 11.8 Å². The van der Waals surface area contributed by atoms with E-state index in [1.807, 2.05) is 56.3 Å². The summed E-state index contributed by atoms with van der Waals surface area (Å²) < 4.78 is 5.38. The quantitative estimate of drug-likeness (QED) is 0.539. The number of imide groups is 1. The zero-order valence-corrected chi connectivity index (χ0v) is 19.2. The van der Waals surface area contributed by atoms with Gasteiger partial charge in [0.05, 0.1) is 18.4 Å². The molecule has 1 N–H and O–H groups in total. The summed E-state index contributed by atoms with van der Waals surface area (Å²) in [4.78, 5) is 28.0. The molecular weight excluding hydrogens is 400 g/mol. The van der Waals surface area contributed by atoms with Crippen molar-refractivity contribution in [1.29, 1.82) is 0 Å². The minimum Gasteiger partial charge on any atom is -0.467 e. The lowest BCUT2D eigenvalue weighted by Gasteiger charge is -2.19. The highest BCUT2D eigenvalue weighted by Crippen LogP contribution is 2.33. The van der Waals surface area contributed by atoms with E-state index in [0.717, 1.165) is 22.4 Å². The summed E-state index contributed by atoms with van der Waals surface area (Å²) in [6.07, 6.45) is 1.54. The Hall–Kier alpha value is -3.60. The zero-order valence-electron chi connectivity index (χ0n) is 19.2. The van der Waals surface area contributed by atoms with Gasteiger partial charge in [-0.25, -0.2) is 0 Å². The normalized spacial score (nSPS) is 14.5. The van der Waals surface area contributed by atoms with Crippen molar-refractivity contribution in [2.45, 2.75) is 46.6 Å². The van der Waals surface area contributed by atoms with E-state index in [-0.39, 0.29) is 29.5 Å². The number of benzene rings is 2. The average Bonchev–Trinajstić information content (AvgIpc) is 3.33. The largest absolute Gasteiger partial charge is 0.467 e. The number of hydrogen-bond donors (Lipinski definition) is 1. The van der Waals surface area contributed by atoms with Crippen LogP contribution < -0.4 is 5.32 Å². The number of carbonyl (C=O) groups is 2. The fraction of sp³-hybridized carbons (Fsp3) is 0.259. The van der Waals surface area contributed by atoms with Crippen molar-refractivity contribution in [3.05, 3.63) is 94.6 Å². The van der Waals surface area contributed by atoms with Crippen LogP contribution in [0.15, 0.2) is 71.0 Å². The maximum Gasteiger partial charge on any atom is 0.278 e. The van der Waals surface area contributed by atoms with Crippen molar-refractivity contribution >= 4 is 23.1 Å². The summed E-state index contributed by atoms with van der Waals surface area (Å²) in [5, 5.41) is 3.23. The van der Waals surface area contributed by atoms with E-state index in [1.165, 1.54) is 16.7 Å². The number of aryl methyl sites for hydroxylation is 2. The van der Waals surface area contributed by atoms with Gasteiger partial charge in [-0.2, -0.15) is 0 Å². The van der Waals surface area contributed by atoms with Gasteiger partial charge in [0.1, 0.15) is 11.5 Å². The molecule has 2 heterocycles. The summed E-state index contributed by atoms with van der Waals surface area (Å²) in [6, 6.07) is 17.3. The molecule has 0 atom stereocenters. The molecule has 0 radical (unpaired) electrons. The van der Waals surface area contributed by atoms with Gasteiger partial charge < -0.3 is 9.73 Å². The molecule has 0 saturated carbocycles. The van der Waals surface area contributed by atoms with Crippen molar-refractivity contribution in [2.24, 2.45) is 0 Å². The number of carbonyl (C=O) groups excluding carboxylic acids is 2. The van der Waals surface area contributed by atoms with E-state index < -0.39 is 0 Å². The van der Waals surface area contributed by atoms with Gasteiger partial charge >= 0.3 is 0 Å². The molecule has 0 bridgehead atoms. The molecule has 1 aliphatic rings. The molecule has 5 nitrogen and oxygen atoms in total. The Bertz CT molecular complexity index is 1200. The molecule has 2 aromatic carbocycles. The number of nitrogens with zero attached hydrogens (tertiary/aromatic N) is 1. The van der Waals surface area contributed by atoms with Crippen molar-refractivity contribution in [3.63, 3.8) is 0 Å². The highest BCUT2D eigenvalue weighted by molar-refractivity contribution is 6.36. The predicted molar refractivity (Wildman–Crippen MR) is 126 cm³/mol. The van der Waals surface area contributed by atoms with Crippen LogP contribution in [0.5, 0.6) is 0 Å². The SMILES string of the molecule is Cc1ccc(C2=C(Nc3ccc(C(C)(C)C)cc3)C(=O)N(Cc3ccco3)C2=O)cc1C. The summed E-state index contributed by atoms with van der Waals surface area (Å²) in [5.41, 5.74) is 5.57. The predicted octanol–water partition coefficient (Wildman–Crippen LogP) is 5.59. The van der Waals surface area contributed by atoms with Crippen LogP contribution in [-0.4, -0.2) is 16.7 Å². The van der Waals surface area contributed by atoms with E-state index in [0.29, 0.717) is 11.3 Å². The van der Waals surface area contributed by atoms with Crippen molar-refractivity contribution in [2.75, 3.05) is 5.32 Å². The molecule has 0 spiro atoms. The molecule has 2 amide bonds. The summed E-state index contributed by atoms with van der Waals surface area (Å²) in [5.74, 6) is -0.134. The molecule has 1 aliphatic heterocycles. The Morgan fingerprint density at radius 1 is 0.906 bits per heavy atom. The molecule has 32 heavy (non-hydrogen) atoms. The molecule has 0 aliphatic carbocycles. The van der Waals surface area contributed by atoms with Crippen molar-refractivity contribution < 1.29 is 14.0 Å². The summed E-state index contributed by atoms with van der Waals surface area (Å²) in [6.45, 7) is 10.6. The van der Waals surface area contributed by atoms with Crippen LogP contribution in [0.3, 0.4) is 0 Å². The first kappa shape index (κ1) is 21.6. The first-order chi connectivity index (χ1) is 15.1. The van der Waals surface area contributed by atoms with Crippen LogP contribution in [0.25, 0.3) is 5.57 Å². The molecular formula is C27H28N2O3. The fourth-order valence-corrected chi connectivity index (χ4v) is 3.76. The smallest absolute Gasteiger partial charge is 0.278 e. The first-order valence-electron chi connectivity index (χ1n) is 10.7. The van der Waals surface area contributed by atoms with E-state index in [4.69, 9.17) is 4.42 Å². The third-order valence-corrected chi connectivity index (χ3v) is 5.88. The molecule has 0 unspecified atom stereocenters. The van der Waals surface area contributed by atoms with Gasteiger partial charge in [0, 0.05) is 5.69 Å². The monoisotopic (exact) mass is 428 g/mol. The highest BCUT2D eigenvalue weighted by Gasteiger charge is 2.39. The van der Waals surface area contributed by atoms with Gasteiger partial charge in [-0.05, 0) is 65.8 Å². The number of anilines is 1. The minimum atomic E-state index is -0.362. The lowest BCUT2D eigenvalue weighted by molar-refractivity contribution is -0.137. The van der Waals surface area contributed by atoms with Crippen LogP contribution in [0, 0.1) is 13.8 Å². The number of amides is 2. The Balaban J connectivity index is 1.74. The lowest BCUT2D eigenvalue weighted by Crippen LogP contribution is -2.31. The van der Waals surface area contributed by atoms with Crippen molar-refractivity contribution in [3.8, 4) is 0 Å². The third-order valence-electron chi connectivity index (χ3n) is 5.88. The number of furan rings is 1. The Labute approximate surface area is 188 Å². The topological polar surface area (TPSA) is 62.6 Å². The van der Waals surface area contributed by atoms with Crippen LogP contribution >= 0.6 is 0 Å². The fourth-order valence-electron chi connectivity index (χ4n) is 3.76. The van der Waals surface area contributed by atoms with Gasteiger partial charge in [-0.1, -0.05) is 51.1 Å². The van der Waals surface area contributed by atoms with Gasteiger partial charge in [-0.3, -0.25) is 14.5 Å². The number of hydrogen-bond acceptors (Lipinski definition) is 4. The van der Waals surface area contributed by atoms with E-state index in [2.05, 4.69) is 26.1 Å². The molecule has 0 saturated heterocycles. The Morgan fingerprint density at radius 2 is 1.62 bits per heavy atom. The molecule has 5 heteroatoms. The van der Waals surface area contributed by atoms with E-state index in [1.54, 1.807) is 12.1 Å². The lowest BCUT2D eigenvalue weighted by atomic mass is 9.87. The number of rotatable bonds is 5. The second-order valence-corrected chi connectivity index (χ2v) is 9.28. The van der Waals surface area contributed by atoms with Crippen LogP contribution in [0.1, 0.15) is 48.8 Å². The Kier molecular flexibility index (Phi) is 5.51. The molecule has 0 fully saturated rings. The van der Waals surface area contributed by atoms with E-state index in [9.17, 15) is 9.59 Å². The van der Waals surface area contributed by atoms with Gasteiger partial charge in [-0.15, -0.1) is 0 Å². The van der Waals surface area contributed by atoms with Gasteiger partial charge in [0.2, 0.25) is 0 Å². The molecule has 4 rings (SSSR count). The summed E-state index contributed by atoms with van der Waals surface area (Å²) >= 11 is 0. The average molecular weight is 429 g/mol. The first-order valence-corrected chi connectivity index (χ1v) is 10.7. The third kappa shape index (κ3) is 4.11. The second-order valence-electron chi connectivity index (χ2n) is 9.28. The maximum atomic E-state index is 13.4. The van der Waals surface area contributed by atoms with E-state index >= 15 is 0 Å². The molecule has 3 aromatic rings. The standard InChI is InChI=1S/C27H28N2O3/c1-17-8-9-19(15-18(17)2)23-24(28-21-12-10-20(11-13-21)27(3,4)5)26(31)29(25(23)30)16-22-7-6-14-32-22/h6-15,28H,16H2,1-5H3. The zero-order chi connectivity index (χ0) is 23.0. The van der Waals surface area contributed by atoms with Crippen LogP contribution in [-0.2, 0) is 21.5 Å². The molecule has 1 aromatic heterocycles. The Morgan fingerprint density at radius 3 is 2.22 bits per heavy atom. The van der Waals surface area contributed by atoms with Crippen LogP contribution in [0.4, 0.5) is 5.69 Å². The summed E-state index contributed by atoms with van der Waals surface area (Å²) in [7, 11) is 0.